The summed E-state index contributed by atoms with van der Waals surface area (Å²) in [6.07, 6.45) is 3.68. The molecule has 1 aliphatic rings. The molecule has 1 aromatic carbocycles. The number of nitrogens with one attached hydrogen (secondary N) is 1. The van der Waals surface area contributed by atoms with E-state index in [1.54, 1.807) is 0 Å². The largest absolute Gasteiger partial charge is 0.315 e. The van der Waals surface area contributed by atoms with Gasteiger partial charge in [-0.15, -0.1) is 0 Å². The Kier molecular flexibility index (Phi) is 6.16. The Morgan fingerprint density at radius 1 is 1.40 bits per heavy atom. The van der Waals surface area contributed by atoms with Crippen molar-refractivity contribution in [3.63, 3.8) is 0 Å². The van der Waals surface area contributed by atoms with Crippen molar-refractivity contribution in [3.8, 4) is 0 Å². The minimum Gasteiger partial charge on any atom is -0.315 e. The molecule has 2 rings (SSSR count). The van der Waals surface area contributed by atoms with Gasteiger partial charge >= 0.3 is 0 Å². The summed E-state index contributed by atoms with van der Waals surface area (Å²) in [5, 5.41) is 4.98. The molecule has 1 aliphatic heterocycles. The maximum atomic E-state index is 6.38. The van der Waals surface area contributed by atoms with Crippen molar-refractivity contribution >= 4 is 23.2 Å². The van der Waals surface area contributed by atoms with Gasteiger partial charge in [0.1, 0.15) is 0 Å². The molecule has 0 radical (unpaired) electrons. The van der Waals surface area contributed by atoms with Crippen molar-refractivity contribution in [1.82, 2.24) is 10.2 Å². The van der Waals surface area contributed by atoms with Crippen LogP contribution < -0.4 is 5.32 Å². The van der Waals surface area contributed by atoms with Crippen LogP contribution in [0.3, 0.4) is 0 Å². The topological polar surface area (TPSA) is 15.3 Å². The van der Waals surface area contributed by atoms with Gasteiger partial charge < -0.3 is 5.32 Å². The van der Waals surface area contributed by atoms with Crippen LogP contribution in [-0.2, 0) is 0 Å². The smallest absolute Gasteiger partial charge is 0.0468 e. The summed E-state index contributed by atoms with van der Waals surface area (Å²) in [5.74, 6) is 0. The van der Waals surface area contributed by atoms with Crippen molar-refractivity contribution in [2.24, 2.45) is 0 Å². The maximum absolute atomic E-state index is 6.38. The van der Waals surface area contributed by atoms with E-state index in [9.17, 15) is 0 Å². The molecule has 2 atom stereocenters. The molecule has 0 aromatic heterocycles. The number of nitrogens with zero attached hydrogens (tertiary/aromatic N) is 1. The summed E-state index contributed by atoms with van der Waals surface area (Å²) >= 11 is 12.4. The van der Waals surface area contributed by atoms with Gasteiger partial charge in [0.05, 0.1) is 0 Å². The molecule has 20 heavy (non-hydrogen) atoms. The zero-order chi connectivity index (χ0) is 14.5. The molecule has 1 heterocycles. The summed E-state index contributed by atoms with van der Waals surface area (Å²) < 4.78 is 0. The lowest BCUT2D eigenvalue weighted by Crippen LogP contribution is -2.47. The van der Waals surface area contributed by atoms with E-state index in [0.29, 0.717) is 17.1 Å². The SMILES string of the molecule is CCCN(C1CCCNC1)C(C)c1ccc(Cl)cc1Cl. The van der Waals surface area contributed by atoms with Crippen molar-refractivity contribution in [2.75, 3.05) is 19.6 Å². The molecule has 0 amide bonds. The molecule has 2 unspecified atom stereocenters. The Hall–Kier alpha value is -0.280. The van der Waals surface area contributed by atoms with Gasteiger partial charge in [-0.25, -0.2) is 0 Å². The zero-order valence-electron chi connectivity index (χ0n) is 12.3. The average Bonchev–Trinajstić information content (AvgIpc) is 2.45. The first kappa shape index (κ1) is 16.1. The Bertz CT molecular complexity index is 430. The number of hydrogen-bond donors (Lipinski definition) is 1. The average molecular weight is 315 g/mol. The van der Waals surface area contributed by atoms with E-state index in [4.69, 9.17) is 23.2 Å². The normalized spacial score (nSPS) is 21.1. The Balaban J connectivity index is 2.18. The monoisotopic (exact) mass is 314 g/mol. The second kappa shape index (κ2) is 7.65. The Morgan fingerprint density at radius 3 is 2.80 bits per heavy atom. The molecule has 0 aliphatic carbocycles. The standard InChI is InChI=1S/C16H24Cl2N2/c1-3-9-20(14-5-4-8-19-11-14)12(2)15-7-6-13(17)10-16(15)18/h6-7,10,12,14,19H,3-5,8-9,11H2,1-2H3. The lowest BCUT2D eigenvalue weighted by atomic mass is 10.00. The second-order valence-corrected chi connectivity index (χ2v) is 6.42. The van der Waals surface area contributed by atoms with Crippen LogP contribution in [0.1, 0.15) is 44.7 Å². The predicted molar refractivity (Wildman–Crippen MR) is 87.8 cm³/mol. The number of hydrogen-bond acceptors (Lipinski definition) is 2. The van der Waals surface area contributed by atoms with Crippen LogP contribution in [0.15, 0.2) is 18.2 Å². The molecule has 1 aromatic rings. The van der Waals surface area contributed by atoms with Crippen molar-refractivity contribution in [3.05, 3.63) is 33.8 Å². The first-order valence-corrected chi connectivity index (χ1v) is 8.30. The highest BCUT2D eigenvalue weighted by Gasteiger charge is 2.26. The molecule has 0 saturated carbocycles. The van der Waals surface area contributed by atoms with Crippen molar-refractivity contribution < 1.29 is 0 Å². The number of rotatable bonds is 5. The van der Waals surface area contributed by atoms with Crippen LogP contribution in [0.5, 0.6) is 0 Å². The predicted octanol–water partition coefficient (Wildman–Crippen LogP) is 4.52. The summed E-state index contributed by atoms with van der Waals surface area (Å²) in [5.41, 5.74) is 1.18. The fourth-order valence-corrected chi connectivity index (χ4v) is 3.65. The first-order chi connectivity index (χ1) is 9.63. The highest BCUT2D eigenvalue weighted by atomic mass is 35.5. The van der Waals surface area contributed by atoms with Crippen LogP contribution in [0, 0.1) is 0 Å². The molecule has 2 nitrogen and oxygen atoms in total. The van der Waals surface area contributed by atoms with Crippen LogP contribution in [0.4, 0.5) is 0 Å². The third-order valence-corrected chi connectivity index (χ3v) is 4.69. The lowest BCUT2D eigenvalue weighted by molar-refractivity contribution is 0.120. The number of halogens is 2. The Labute approximate surface area is 132 Å². The fraction of sp³-hybridized carbons (Fsp3) is 0.625. The Morgan fingerprint density at radius 2 is 2.20 bits per heavy atom. The van der Waals surface area contributed by atoms with Gasteiger partial charge in [0, 0.05) is 28.7 Å². The fourth-order valence-electron chi connectivity index (χ4n) is 3.09. The van der Waals surface area contributed by atoms with Crippen LogP contribution >= 0.6 is 23.2 Å². The van der Waals surface area contributed by atoms with E-state index in [0.717, 1.165) is 31.1 Å². The molecular formula is C16H24Cl2N2. The highest BCUT2D eigenvalue weighted by Crippen LogP contribution is 2.32. The molecule has 1 fully saturated rings. The van der Waals surface area contributed by atoms with Gasteiger partial charge in [-0.2, -0.15) is 0 Å². The molecule has 1 N–H and O–H groups in total. The van der Waals surface area contributed by atoms with Gasteiger partial charge in [0.2, 0.25) is 0 Å². The molecular weight excluding hydrogens is 291 g/mol. The minimum atomic E-state index is 0.324. The van der Waals surface area contributed by atoms with Crippen molar-refractivity contribution in [1.29, 1.82) is 0 Å². The zero-order valence-corrected chi connectivity index (χ0v) is 13.8. The summed E-state index contributed by atoms with van der Waals surface area (Å²) in [4.78, 5) is 2.58. The molecule has 0 spiro atoms. The minimum absolute atomic E-state index is 0.324. The quantitative estimate of drug-likeness (QED) is 0.859. The van der Waals surface area contributed by atoms with Gasteiger partial charge in [0.25, 0.3) is 0 Å². The van der Waals surface area contributed by atoms with Gasteiger partial charge in [-0.05, 0) is 57.0 Å². The molecule has 4 heteroatoms. The van der Waals surface area contributed by atoms with Crippen molar-refractivity contribution in [2.45, 2.75) is 45.2 Å². The summed E-state index contributed by atoms with van der Waals surface area (Å²) in [6, 6.07) is 6.77. The number of piperidine rings is 1. The molecule has 0 bridgehead atoms. The van der Waals surface area contributed by atoms with Gasteiger partial charge in [-0.1, -0.05) is 36.2 Å². The summed E-state index contributed by atoms with van der Waals surface area (Å²) in [7, 11) is 0. The van der Waals surface area contributed by atoms with Gasteiger partial charge in [0.15, 0.2) is 0 Å². The third-order valence-electron chi connectivity index (χ3n) is 4.13. The van der Waals surface area contributed by atoms with E-state index in [-0.39, 0.29) is 0 Å². The highest BCUT2D eigenvalue weighted by molar-refractivity contribution is 6.35. The van der Waals surface area contributed by atoms with Crippen LogP contribution in [0.2, 0.25) is 10.0 Å². The van der Waals surface area contributed by atoms with Crippen LogP contribution in [0.25, 0.3) is 0 Å². The van der Waals surface area contributed by atoms with E-state index in [1.165, 1.54) is 18.4 Å². The second-order valence-electron chi connectivity index (χ2n) is 5.58. The first-order valence-electron chi connectivity index (χ1n) is 7.55. The molecule has 1 saturated heterocycles. The van der Waals surface area contributed by atoms with Crippen LogP contribution in [-0.4, -0.2) is 30.6 Å². The summed E-state index contributed by atoms with van der Waals surface area (Å²) in [6.45, 7) is 7.81. The van der Waals surface area contributed by atoms with Gasteiger partial charge in [-0.3, -0.25) is 4.90 Å². The third kappa shape index (κ3) is 3.88. The lowest BCUT2D eigenvalue weighted by Gasteiger charge is -2.39. The van der Waals surface area contributed by atoms with E-state index < -0.39 is 0 Å². The number of benzene rings is 1. The van der Waals surface area contributed by atoms with E-state index >= 15 is 0 Å². The maximum Gasteiger partial charge on any atom is 0.0468 e. The van der Waals surface area contributed by atoms with E-state index in [2.05, 4.69) is 30.1 Å². The molecule has 112 valence electrons. The van der Waals surface area contributed by atoms with E-state index in [1.807, 2.05) is 12.1 Å².